The molecule has 0 aromatic carbocycles. The Morgan fingerprint density at radius 1 is 1.54 bits per heavy atom. The summed E-state index contributed by atoms with van der Waals surface area (Å²) in [6.45, 7) is 2.24. The Hall–Kier alpha value is -1.43. The van der Waals surface area contributed by atoms with Gasteiger partial charge in [-0.1, -0.05) is 0 Å². The first-order valence-electron chi connectivity index (χ1n) is 7.68. The van der Waals surface area contributed by atoms with Gasteiger partial charge in [0, 0.05) is 6.20 Å². The van der Waals surface area contributed by atoms with Crippen molar-refractivity contribution in [3.63, 3.8) is 0 Å². The minimum Gasteiger partial charge on any atom is -0.386 e. The minimum atomic E-state index is -4.19. The van der Waals surface area contributed by atoms with E-state index in [1.54, 1.807) is 13.8 Å². The largest absolute Gasteiger partial charge is 0.475 e. The zero-order valence-electron chi connectivity index (χ0n) is 13.8. The third-order valence-electron chi connectivity index (χ3n) is 3.95. The molecule has 13 heteroatoms. The molecule has 1 unspecified atom stereocenters. The van der Waals surface area contributed by atoms with E-state index < -0.39 is 56.7 Å². The number of fused-ring (bicyclic) bond motifs is 1. The number of nitrogens with zero attached hydrogens (tertiary/aromatic N) is 2. The standard InChI is InChI=1S/C13H18F2N3O7P/c1-6(2)24-26(21)22-5-13(11(14)15)9(25-26)8(19)10(23-13)18-4-3-7(16)17-12(18)20/h3-4,6,8-11,19H,5H2,1-2H3,(H2,16,17,20)/t8-,9-,10-,13-,26?/m1/s1. The molecule has 26 heavy (non-hydrogen) atoms. The summed E-state index contributed by atoms with van der Waals surface area (Å²) >= 11 is 0. The number of aliphatic hydroxyl groups excluding tert-OH is 1. The fourth-order valence-corrected chi connectivity index (χ4v) is 4.44. The summed E-state index contributed by atoms with van der Waals surface area (Å²) in [6, 6.07) is 1.23. The van der Waals surface area contributed by atoms with E-state index in [9.17, 15) is 23.2 Å². The van der Waals surface area contributed by atoms with Crippen LogP contribution < -0.4 is 11.4 Å². The minimum absolute atomic E-state index is 0.0888. The van der Waals surface area contributed by atoms with Crippen molar-refractivity contribution in [2.45, 2.75) is 50.4 Å². The number of hydrogen-bond acceptors (Lipinski definition) is 9. The molecule has 10 nitrogen and oxygen atoms in total. The molecule has 0 radical (unpaired) electrons. The average Bonchev–Trinajstić information content (AvgIpc) is 2.80. The van der Waals surface area contributed by atoms with Crippen molar-refractivity contribution < 1.29 is 36.8 Å². The molecule has 146 valence electrons. The lowest BCUT2D eigenvalue weighted by Gasteiger charge is -2.39. The van der Waals surface area contributed by atoms with Crippen LogP contribution in [0.2, 0.25) is 0 Å². The van der Waals surface area contributed by atoms with E-state index >= 15 is 0 Å². The van der Waals surface area contributed by atoms with E-state index in [1.165, 1.54) is 6.07 Å². The number of phosphoric acid groups is 1. The molecule has 2 aliphatic heterocycles. The van der Waals surface area contributed by atoms with Crippen LogP contribution in [0.1, 0.15) is 20.1 Å². The molecule has 0 bridgehead atoms. The van der Waals surface area contributed by atoms with Gasteiger partial charge in [0.1, 0.15) is 18.0 Å². The third-order valence-corrected chi connectivity index (χ3v) is 5.56. The van der Waals surface area contributed by atoms with Crippen LogP contribution in [0.15, 0.2) is 17.1 Å². The van der Waals surface area contributed by atoms with Gasteiger partial charge >= 0.3 is 13.5 Å². The lowest BCUT2D eigenvalue weighted by atomic mass is 9.96. The van der Waals surface area contributed by atoms with Crippen molar-refractivity contribution >= 4 is 13.6 Å². The maximum Gasteiger partial charge on any atom is 0.475 e. The number of halogens is 2. The van der Waals surface area contributed by atoms with E-state index in [4.69, 9.17) is 24.0 Å². The summed E-state index contributed by atoms with van der Waals surface area (Å²) in [5, 5.41) is 10.5. The fourth-order valence-electron chi connectivity index (χ4n) is 2.81. The molecule has 0 amide bonds. The highest BCUT2D eigenvalue weighted by Crippen LogP contribution is 2.61. The predicted octanol–water partition coefficient (Wildman–Crippen LogP) is 0.668. The number of aliphatic hydroxyl groups is 1. The second kappa shape index (κ2) is 6.63. The number of alkyl halides is 2. The molecule has 2 saturated heterocycles. The number of nitrogen functional groups attached to an aromatic ring is 1. The normalized spacial score (nSPS) is 37.3. The number of hydrogen-bond donors (Lipinski definition) is 2. The van der Waals surface area contributed by atoms with Crippen LogP contribution in [0.25, 0.3) is 0 Å². The quantitative estimate of drug-likeness (QED) is 0.703. The summed E-state index contributed by atoms with van der Waals surface area (Å²) in [5.74, 6) is -0.0888. The lowest BCUT2D eigenvalue weighted by molar-refractivity contribution is -0.208. The molecule has 2 fully saturated rings. The van der Waals surface area contributed by atoms with Crippen LogP contribution in [-0.4, -0.2) is 51.6 Å². The smallest absolute Gasteiger partial charge is 0.386 e. The first kappa shape index (κ1) is 19.3. The number of phosphoric ester groups is 1. The second-order valence-electron chi connectivity index (χ2n) is 6.20. The van der Waals surface area contributed by atoms with E-state index in [1.807, 2.05) is 0 Å². The maximum absolute atomic E-state index is 13.8. The van der Waals surface area contributed by atoms with Gasteiger partial charge in [-0.15, -0.1) is 0 Å². The van der Waals surface area contributed by atoms with Crippen molar-refractivity contribution in [3.8, 4) is 0 Å². The Bertz CT molecular complexity index is 791. The molecule has 0 spiro atoms. The molecule has 1 aromatic rings. The van der Waals surface area contributed by atoms with E-state index in [0.717, 1.165) is 10.8 Å². The molecule has 1 aromatic heterocycles. The molecular formula is C13H18F2N3O7P. The van der Waals surface area contributed by atoms with Crippen LogP contribution in [0.5, 0.6) is 0 Å². The Labute approximate surface area is 146 Å². The first-order chi connectivity index (χ1) is 12.1. The van der Waals surface area contributed by atoms with Gasteiger partial charge in [-0.3, -0.25) is 18.1 Å². The van der Waals surface area contributed by atoms with Crippen molar-refractivity contribution in [2.75, 3.05) is 12.3 Å². The van der Waals surface area contributed by atoms with Crippen LogP contribution in [-0.2, 0) is 22.9 Å². The van der Waals surface area contributed by atoms with E-state index in [2.05, 4.69) is 4.98 Å². The van der Waals surface area contributed by atoms with E-state index in [-0.39, 0.29) is 5.82 Å². The molecule has 2 aliphatic rings. The highest BCUT2D eigenvalue weighted by Gasteiger charge is 2.67. The molecule has 3 heterocycles. The van der Waals surface area contributed by atoms with Gasteiger partial charge in [0.05, 0.1) is 12.7 Å². The summed E-state index contributed by atoms with van der Waals surface area (Å²) in [5.41, 5.74) is 2.04. The van der Waals surface area contributed by atoms with Crippen molar-refractivity contribution in [2.24, 2.45) is 0 Å². The van der Waals surface area contributed by atoms with Crippen LogP contribution in [0.3, 0.4) is 0 Å². The fraction of sp³-hybridized carbons (Fsp3) is 0.692. The molecule has 3 N–H and O–H groups in total. The summed E-state index contributed by atoms with van der Waals surface area (Å²) in [7, 11) is -4.19. The zero-order chi connectivity index (χ0) is 19.3. The van der Waals surface area contributed by atoms with Crippen LogP contribution >= 0.6 is 7.82 Å². The zero-order valence-corrected chi connectivity index (χ0v) is 14.7. The molecule has 0 saturated carbocycles. The van der Waals surface area contributed by atoms with E-state index in [0.29, 0.717) is 0 Å². The molecule has 5 atom stereocenters. The monoisotopic (exact) mass is 397 g/mol. The topological polar surface area (TPSA) is 135 Å². The Kier molecular flexibility index (Phi) is 4.93. The van der Waals surface area contributed by atoms with Crippen molar-refractivity contribution in [1.29, 1.82) is 0 Å². The van der Waals surface area contributed by atoms with Gasteiger partial charge in [-0.25, -0.2) is 18.1 Å². The number of ether oxygens (including phenoxy) is 1. The van der Waals surface area contributed by atoms with Gasteiger partial charge in [-0.05, 0) is 19.9 Å². The van der Waals surface area contributed by atoms with Gasteiger partial charge in [0.2, 0.25) is 0 Å². The van der Waals surface area contributed by atoms with Crippen molar-refractivity contribution in [1.82, 2.24) is 9.55 Å². The van der Waals surface area contributed by atoms with Gasteiger partial charge < -0.3 is 15.6 Å². The SMILES string of the molecule is CC(C)OP1(=O)OC[C@@]2(C(F)F)O[C@@H](n3ccc(N)nc3=O)[C@H](O)[C@H]2O1. The highest BCUT2D eigenvalue weighted by atomic mass is 31.2. The Morgan fingerprint density at radius 2 is 2.23 bits per heavy atom. The molecular weight excluding hydrogens is 379 g/mol. The van der Waals surface area contributed by atoms with Gasteiger partial charge in [0.25, 0.3) is 6.43 Å². The maximum atomic E-state index is 13.8. The Balaban J connectivity index is 1.97. The highest BCUT2D eigenvalue weighted by molar-refractivity contribution is 7.48. The second-order valence-corrected chi connectivity index (χ2v) is 7.77. The average molecular weight is 397 g/mol. The van der Waals surface area contributed by atoms with Crippen molar-refractivity contribution in [3.05, 3.63) is 22.7 Å². The number of nitrogens with two attached hydrogens (primary N) is 1. The van der Waals surface area contributed by atoms with Gasteiger partial charge in [-0.2, -0.15) is 4.98 Å². The molecule has 3 rings (SSSR count). The van der Waals surface area contributed by atoms with Crippen LogP contribution in [0.4, 0.5) is 14.6 Å². The number of aromatic nitrogens is 2. The summed E-state index contributed by atoms with van der Waals surface area (Å²) in [4.78, 5) is 15.4. The first-order valence-corrected chi connectivity index (χ1v) is 9.14. The number of anilines is 1. The summed E-state index contributed by atoms with van der Waals surface area (Å²) < 4.78 is 61.1. The van der Waals surface area contributed by atoms with Crippen LogP contribution in [0, 0.1) is 0 Å². The van der Waals surface area contributed by atoms with Gasteiger partial charge in [0.15, 0.2) is 11.8 Å². The molecule has 0 aliphatic carbocycles. The Morgan fingerprint density at radius 3 is 2.81 bits per heavy atom. The lowest BCUT2D eigenvalue weighted by Crippen LogP contribution is -2.56. The number of rotatable bonds is 4. The predicted molar refractivity (Wildman–Crippen MR) is 82.4 cm³/mol. The summed E-state index contributed by atoms with van der Waals surface area (Å²) in [6.07, 6.45) is -7.70. The third kappa shape index (κ3) is 3.17.